The number of nitrogens with one attached hydrogen (secondary N) is 1. The third kappa shape index (κ3) is 3.53. The number of nitrogens with zero attached hydrogens (tertiary/aromatic N) is 2. The van der Waals surface area contributed by atoms with Gasteiger partial charge in [-0.05, 0) is 38.6 Å². The van der Waals surface area contributed by atoms with Crippen LogP contribution >= 0.6 is 11.3 Å². The molecule has 0 spiro atoms. The molecule has 1 atom stereocenters. The van der Waals surface area contributed by atoms with Crippen LogP contribution in [0.25, 0.3) is 0 Å². The molecule has 4 heteroatoms. The highest BCUT2D eigenvalue weighted by atomic mass is 32.1. The number of likely N-dealkylation sites (tertiary alicyclic amines) is 1. The molecule has 92 valence electrons. The lowest BCUT2D eigenvalue weighted by Crippen LogP contribution is -2.42. The van der Waals surface area contributed by atoms with Gasteiger partial charge in [-0.15, -0.1) is 11.3 Å². The summed E-state index contributed by atoms with van der Waals surface area (Å²) in [7, 11) is 2.21. The van der Waals surface area contributed by atoms with Crippen molar-refractivity contribution in [3.63, 3.8) is 0 Å². The molecule has 0 aromatic carbocycles. The molecular formula is C13H19N3S. The molecular weight excluding hydrogens is 230 g/mol. The highest BCUT2D eigenvalue weighted by Gasteiger charge is 2.17. The van der Waals surface area contributed by atoms with E-state index in [1.165, 1.54) is 30.7 Å². The SMILES string of the molecule is CN1CCCCC1CNCc1ccc(C#N)s1. The van der Waals surface area contributed by atoms with Gasteiger partial charge >= 0.3 is 0 Å². The zero-order valence-electron chi connectivity index (χ0n) is 10.3. The summed E-state index contributed by atoms with van der Waals surface area (Å²) in [5.41, 5.74) is 0. The van der Waals surface area contributed by atoms with Crippen molar-refractivity contribution in [2.24, 2.45) is 0 Å². The van der Waals surface area contributed by atoms with Crippen LogP contribution in [0.5, 0.6) is 0 Å². The van der Waals surface area contributed by atoms with Crippen LogP contribution in [0.3, 0.4) is 0 Å². The molecule has 1 saturated heterocycles. The molecule has 1 fully saturated rings. The Bertz CT molecular complexity index is 394. The summed E-state index contributed by atoms with van der Waals surface area (Å²) in [6, 6.07) is 6.80. The topological polar surface area (TPSA) is 39.1 Å². The number of likely N-dealkylation sites (N-methyl/N-ethyl adjacent to an activating group) is 1. The van der Waals surface area contributed by atoms with Crippen LogP contribution < -0.4 is 5.32 Å². The Kier molecular flexibility index (Phi) is 4.55. The van der Waals surface area contributed by atoms with Crippen molar-refractivity contribution in [3.8, 4) is 6.07 Å². The minimum absolute atomic E-state index is 0.680. The maximum atomic E-state index is 8.75. The van der Waals surface area contributed by atoms with Gasteiger partial charge in [0.1, 0.15) is 10.9 Å². The first-order valence-corrected chi connectivity index (χ1v) is 7.01. The predicted molar refractivity (Wildman–Crippen MR) is 71.0 cm³/mol. The molecule has 2 heterocycles. The third-order valence-corrected chi connectivity index (χ3v) is 4.36. The van der Waals surface area contributed by atoms with Crippen LogP contribution in [-0.4, -0.2) is 31.1 Å². The maximum absolute atomic E-state index is 8.75. The smallest absolute Gasteiger partial charge is 0.110 e. The van der Waals surface area contributed by atoms with Gasteiger partial charge in [0.15, 0.2) is 0 Å². The second-order valence-corrected chi connectivity index (χ2v) is 5.81. The molecule has 1 aliphatic rings. The number of hydrogen-bond donors (Lipinski definition) is 1. The van der Waals surface area contributed by atoms with E-state index in [4.69, 9.17) is 5.26 Å². The Morgan fingerprint density at radius 3 is 3.12 bits per heavy atom. The molecule has 1 aromatic heterocycles. The van der Waals surface area contributed by atoms with E-state index in [9.17, 15) is 0 Å². The van der Waals surface area contributed by atoms with Crippen LogP contribution in [0.2, 0.25) is 0 Å². The lowest BCUT2D eigenvalue weighted by Gasteiger charge is -2.32. The van der Waals surface area contributed by atoms with E-state index in [1.54, 1.807) is 11.3 Å². The quantitative estimate of drug-likeness (QED) is 0.889. The number of piperidine rings is 1. The molecule has 2 rings (SSSR count). The maximum Gasteiger partial charge on any atom is 0.110 e. The first-order chi connectivity index (χ1) is 8.29. The largest absolute Gasteiger partial charge is 0.310 e. The lowest BCUT2D eigenvalue weighted by atomic mass is 10.0. The average molecular weight is 249 g/mol. The second kappa shape index (κ2) is 6.15. The minimum Gasteiger partial charge on any atom is -0.310 e. The van der Waals surface area contributed by atoms with E-state index < -0.39 is 0 Å². The van der Waals surface area contributed by atoms with Gasteiger partial charge in [0, 0.05) is 24.0 Å². The van der Waals surface area contributed by atoms with Crippen molar-refractivity contribution >= 4 is 11.3 Å². The molecule has 0 amide bonds. The van der Waals surface area contributed by atoms with Gasteiger partial charge in [-0.25, -0.2) is 0 Å². The Labute approximate surface area is 107 Å². The Balaban J connectivity index is 1.73. The summed E-state index contributed by atoms with van der Waals surface area (Å²) in [4.78, 5) is 4.50. The molecule has 1 N–H and O–H groups in total. The zero-order valence-corrected chi connectivity index (χ0v) is 11.1. The summed E-state index contributed by atoms with van der Waals surface area (Å²) < 4.78 is 0. The molecule has 3 nitrogen and oxygen atoms in total. The van der Waals surface area contributed by atoms with Gasteiger partial charge in [0.25, 0.3) is 0 Å². The van der Waals surface area contributed by atoms with E-state index in [0.717, 1.165) is 18.0 Å². The summed E-state index contributed by atoms with van der Waals surface area (Å²) in [5.74, 6) is 0. The van der Waals surface area contributed by atoms with Crippen molar-refractivity contribution in [2.45, 2.75) is 31.8 Å². The second-order valence-electron chi connectivity index (χ2n) is 4.64. The highest BCUT2D eigenvalue weighted by molar-refractivity contribution is 7.12. The summed E-state index contributed by atoms with van der Waals surface area (Å²) >= 11 is 1.58. The Morgan fingerprint density at radius 1 is 1.53 bits per heavy atom. The number of nitriles is 1. The lowest BCUT2D eigenvalue weighted by molar-refractivity contribution is 0.181. The van der Waals surface area contributed by atoms with E-state index >= 15 is 0 Å². The van der Waals surface area contributed by atoms with Crippen LogP contribution in [0, 0.1) is 11.3 Å². The summed E-state index contributed by atoms with van der Waals surface area (Å²) in [6.07, 6.45) is 4.00. The van der Waals surface area contributed by atoms with Crippen LogP contribution in [0.1, 0.15) is 29.0 Å². The zero-order chi connectivity index (χ0) is 12.1. The fourth-order valence-electron chi connectivity index (χ4n) is 2.30. The number of thiophene rings is 1. The van der Waals surface area contributed by atoms with Gasteiger partial charge in [0.05, 0.1) is 0 Å². The molecule has 1 aromatic rings. The first-order valence-electron chi connectivity index (χ1n) is 6.19. The summed E-state index contributed by atoms with van der Waals surface area (Å²) in [6.45, 7) is 3.16. The molecule has 0 saturated carbocycles. The summed E-state index contributed by atoms with van der Waals surface area (Å²) in [5, 5.41) is 12.2. The van der Waals surface area contributed by atoms with E-state index in [0.29, 0.717) is 6.04 Å². The minimum atomic E-state index is 0.680. The van der Waals surface area contributed by atoms with Crippen LogP contribution in [0.15, 0.2) is 12.1 Å². The molecule has 0 bridgehead atoms. The van der Waals surface area contributed by atoms with Crippen molar-refractivity contribution in [1.29, 1.82) is 5.26 Å². The first kappa shape index (κ1) is 12.6. The normalized spacial score (nSPS) is 21.3. The Hall–Kier alpha value is -0.890. The molecule has 0 aliphatic carbocycles. The highest BCUT2D eigenvalue weighted by Crippen LogP contribution is 2.16. The van der Waals surface area contributed by atoms with Crippen molar-refractivity contribution in [3.05, 3.63) is 21.9 Å². The standard InChI is InChI=1S/C13H19N3S/c1-16-7-3-2-4-11(16)9-15-10-13-6-5-12(8-14)17-13/h5-6,11,15H,2-4,7,9-10H2,1H3. The number of hydrogen-bond acceptors (Lipinski definition) is 4. The van der Waals surface area contributed by atoms with Crippen LogP contribution in [0.4, 0.5) is 0 Å². The van der Waals surface area contributed by atoms with Crippen molar-refractivity contribution in [1.82, 2.24) is 10.2 Å². The van der Waals surface area contributed by atoms with Gasteiger partial charge in [-0.3, -0.25) is 0 Å². The third-order valence-electron chi connectivity index (χ3n) is 3.37. The molecule has 1 unspecified atom stereocenters. The fourth-order valence-corrected chi connectivity index (χ4v) is 3.07. The predicted octanol–water partition coefficient (Wildman–Crippen LogP) is 2.19. The van der Waals surface area contributed by atoms with Crippen molar-refractivity contribution < 1.29 is 0 Å². The van der Waals surface area contributed by atoms with Gasteiger partial charge in [-0.1, -0.05) is 6.42 Å². The van der Waals surface area contributed by atoms with Gasteiger partial charge in [-0.2, -0.15) is 5.26 Å². The van der Waals surface area contributed by atoms with Crippen LogP contribution in [-0.2, 0) is 6.54 Å². The monoisotopic (exact) mass is 249 g/mol. The van der Waals surface area contributed by atoms with Crippen molar-refractivity contribution in [2.75, 3.05) is 20.1 Å². The Morgan fingerprint density at radius 2 is 2.41 bits per heavy atom. The number of rotatable bonds is 4. The van der Waals surface area contributed by atoms with E-state index in [-0.39, 0.29) is 0 Å². The van der Waals surface area contributed by atoms with E-state index in [2.05, 4.69) is 23.3 Å². The molecule has 0 radical (unpaired) electrons. The van der Waals surface area contributed by atoms with E-state index in [1.807, 2.05) is 12.1 Å². The fraction of sp³-hybridized carbons (Fsp3) is 0.615. The average Bonchev–Trinajstić information content (AvgIpc) is 2.80. The molecule has 1 aliphatic heterocycles. The van der Waals surface area contributed by atoms with Gasteiger partial charge in [0.2, 0.25) is 0 Å². The van der Waals surface area contributed by atoms with Gasteiger partial charge < -0.3 is 10.2 Å². The molecule has 17 heavy (non-hydrogen) atoms.